The van der Waals surface area contributed by atoms with Crippen LogP contribution in [0, 0.1) is 0 Å². The fourth-order valence-corrected chi connectivity index (χ4v) is 2.74. The van der Waals surface area contributed by atoms with Gasteiger partial charge in [0, 0.05) is 12.0 Å². The van der Waals surface area contributed by atoms with Gasteiger partial charge < -0.3 is 14.8 Å². The summed E-state index contributed by atoms with van der Waals surface area (Å²) >= 11 is 0. The third kappa shape index (κ3) is 5.91. The van der Waals surface area contributed by atoms with Crippen molar-refractivity contribution < 1.29 is 14.3 Å². The summed E-state index contributed by atoms with van der Waals surface area (Å²) in [6, 6.07) is 7.22. The molecule has 0 saturated carbocycles. The molecular formula is C20H29NO3. The predicted molar refractivity (Wildman–Crippen MR) is 96.3 cm³/mol. The third-order valence-corrected chi connectivity index (χ3v) is 4.27. The molecule has 24 heavy (non-hydrogen) atoms. The van der Waals surface area contributed by atoms with Gasteiger partial charge in [0.15, 0.2) is 0 Å². The minimum atomic E-state index is -0.103. The second kappa shape index (κ2) is 10.0. The summed E-state index contributed by atoms with van der Waals surface area (Å²) < 4.78 is 11.0. The highest BCUT2D eigenvalue weighted by molar-refractivity contribution is 5.94. The van der Waals surface area contributed by atoms with Gasteiger partial charge in [-0.15, -0.1) is 0 Å². The van der Waals surface area contributed by atoms with E-state index in [4.69, 9.17) is 9.47 Å². The summed E-state index contributed by atoms with van der Waals surface area (Å²) in [5.74, 6) is 1.35. The smallest absolute Gasteiger partial charge is 0.251 e. The number of carbonyl (C=O) groups excluding carboxylic acids is 1. The van der Waals surface area contributed by atoms with Crippen LogP contribution < -0.4 is 10.1 Å². The van der Waals surface area contributed by atoms with Crippen LogP contribution in [-0.2, 0) is 4.74 Å². The summed E-state index contributed by atoms with van der Waals surface area (Å²) in [5.41, 5.74) is 0.626. The van der Waals surface area contributed by atoms with E-state index in [1.165, 1.54) is 32.1 Å². The summed E-state index contributed by atoms with van der Waals surface area (Å²) in [4.78, 5) is 12.2. The molecule has 132 valence electrons. The van der Waals surface area contributed by atoms with Crippen molar-refractivity contribution in [3.05, 3.63) is 42.2 Å². The van der Waals surface area contributed by atoms with E-state index in [0.717, 1.165) is 25.2 Å². The number of nitrogens with one attached hydrogen (secondary N) is 1. The van der Waals surface area contributed by atoms with Crippen molar-refractivity contribution in [2.75, 3.05) is 13.2 Å². The zero-order valence-electron chi connectivity index (χ0n) is 14.7. The van der Waals surface area contributed by atoms with Crippen molar-refractivity contribution >= 4 is 5.91 Å². The number of ether oxygens (including phenoxy) is 2. The number of hydrogen-bond acceptors (Lipinski definition) is 3. The van der Waals surface area contributed by atoms with Crippen molar-refractivity contribution in [1.29, 1.82) is 0 Å². The lowest BCUT2D eigenvalue weighted by molar-refractivity contribution is 0.0941. The summed E-state index contributed by atoms with van der Waals surface area (Å²) in [6.45, 7) is 7.38. The molecule has 0 bridgehead atoms. The molecule has 1 heterocycles. The maximum atomic E-state index is 12.2. The minimum Gasteiger partial charge on any atom is -0.496 e. The van der Waals surface area contributed by atoms with Crippen molar-refractivity contribution in [3.63, 3.8) is 0 Å². The molecule has 1 amide bonds. The second-order valence-electron chi connectivity index (χ2n) is 6.27. The number of amides is 1. The van der Waals surface area contributed by atoms with Gasteiger partial charge in [-0.2, -0.15) is 0 Å². The van der Waals surface area contributed by atoms with Crippen molar-refractivity contribution in [2.45, 2.75) is 57.9 Å². The molecule has 1 aromatic rings. The Morgan fingerprint density at radius 2 is 1.92 bits per heavy atom. The van der Waals surface area contributed by atoms with Crippen molar-refractivity contribution in [1.82, 2.24) is 5.32 Å². The number of carbonyl (C=O) groups is 1. The van der Waals surface area contributed by atoms with Crippen LogP contribution in [0.2, 0.25) is 0 Å². The van der Waals surface area contributed by atoms with Gasteiger partial charge in [-0.25, -0.2) is 0 Å². The van der Waals surface area contributed by atoms with Gasteiger partial charge in [0.2, 0.25) is 0 Å². The van der Waals surface area contributed by atoms with E-state index in [-0.39, 0.29) is 11.9 Å². The first kappa shape index (κ1) is 18.4. The first-order valence-electron chi connectivity index (χ1n) is 9.06. The second-order valence-corrected chi connectivity index (χ2v) is 6.27. The maximum absolute atomic E-state index is 12.2. The van der Waals surface area contributed by atoms with Crippen LogP contribution in [0.3, 0.4) is 0 Å². The topological polar surface area (TPSA) is 47.6 Å². The molecule has 2 rings (SSSR count). The van der Waals surface area contributed by atoms with Gasteiger partial charge in [0.05, 0.1) is 19.3 Å². The Balaban J connectivity index is 1.68. The van der Waals surface area contributed by atoms with E-state index in [9.17, 15) is 4.79 Å². The Hall–Kier alpha value is -1.97. The van der Waals surface area contributed by atoms with Gasteiger partial charge in [-0.05, 0) is 30.7 Å². The van der Waals surface area contributed by atoms with Crippen LogP contribution in [0.25, 0.3) is 0 Å². The highest BCUT2D eigenvalue weighted by Gasteiger charge is 2.22. The van der Waals surface area contributed by atoms with Crippen LogP contribution in [-0.4, -0.2) is 25.2 Å². The van der Waals surface area contributed by atoms with E-state index < -0.39 is 0 Å². The summed E-state index contributed by atoms with van der Waals surface area (Å²) in [5, 5.41) is 2.94. The Morgan fingerprint density at radius 1 is 1.21 bits per heavy atom. The standard InChI is InChI=1S/C20H29NO3/c1-3-4-5-6-7-8-14-24-18-11-9-17(10-12-18)20(22)21-19-13-15-23-16(19)2/h9-12,19H,2-8,13-15H2,1H3,(H,21,22)/t19-/m1/s1. The lowest BCUT2D eigenvalue weighted by Crippen LogP contribution is -2.33. The molecule has 4 heteroatoms. The van der Waals surface area contributed by atoms with Crippen LogP contribution in [0.15, 0.2) is 36.6 Å². The van der Waals surface area contributed by atoms with Crippen molar-refractivity contribution in [2.24, 2.45) is 0 Å². The highest BCUT2D eigenvalue weighted by atomic mass is 16.5. The van der Waals surface area contributed by atoms with Crippen LogP contribution >= 0.6 is 0 Å². The molecule has 0 aliphatic carbocycles. The SMILES string of the molecule is C=C1OCC[C@H]1NC(=O)c1ccc(OCCCCCCCC)cc1. The summed E-state index contributed by atoms with van der Waals surface area (Å²) in [6.07, 6.45) is 8.28. The molecule has 1 aliphatic heterocycles. The van der Waals surface area contributed by atoms with Gasteiger partial charge in [0.25, 0.3) is 5.91 Å². The first-order chi connectivity index (χ1) is 11.7. The van der Waals surface area contributed by atoms with Gasteiger partial charge >= 0.3 is 0 Å². The molecule has 1 aromatic carbocycles. The molecule has 1 atom stereocenters. The Labute approximate surface area is 145 Å². The molecular weight excluding hydrogens is 302 g/mol. The lowest BCUT2D eigenvalue weighted by Gasteiger charge is -2.12. The Kier molecular flexibility index (Phi) is 7.66. The van der Waals surface area contributed by atoms with Gasteiger partial charge in [-0.1, -0.05) is 45.6 Å². The lowest BCUT2D eigenvalue weighted by atomic mass is 10.1. The van der Waals surface area contributed by atoms with Crippen molar-refractivity contribution in [3.8, 4) is 5.75 Å². The zero-order chi connectivity index (χ0) is 17.2. The number of unbranched alkanes of at least 4 members (excludes halogenated alkanes) is 5. The highest BCUT2D eigenvalue weighted by Crippen LogP contribution is 2.17. The quantitative estimate of drug-likeness (QED) is 0.644. The first-order valence-corrected chi connectivity index (χ1v) is 9.06. The van der Waals surface area contributed by atoms with Gasteiger partial charge in [0.1, 0.15) is 11.5 Å². The van der Waals surface area contributed by atoms with E-state index in [1.807, 2.05) is 12.1 Å². The van der Waals surface area contributed by atoms with Crippen LogP contribution in [0.4, 0.5) is 0 Å². The molecule has 4 nitrogen and oxygen atoms in total. The molecule has 0 unspecified atom stereocenters. The van der Waals surface area contributed by atoms with E-state index in [2.05, 4.69) is 18.8 Å². The molecule has 1 saturated heterocycles. The van der Waals surface area contributed by atoms with Crippen LogP contribution in [0.1, 0.15) is 62.2 Å². The average molecular weight is 331 g/mol. The number of rotatable bonds is 10. The normalized spacial score (nSPS) is 16.7. The van der Waals surface area contributed by atoms with E-state index >= 15 is 0 Å². The van der Waals surface area contributed by atoms with Gasteiger partial charge in [-0.3, -0.25) is 4.79 Å². The number of hydrogen-bond donors (Lipinski definition) is 1. The monoisotopic (exact) mass is 331 g/mol. The summed E-state index contributed by atoms with van der Waals surface area (Å²) in [7, 11) is 0. The minimum absolute atomic E-state index is 0.0823. The molecule has 0 spiro atoms. The average Bonchev–Trinajstić information content (AvgIpc) is 2.99. The largest absolute Gasteiger partial charge is 0.496 e. The van der Waals surface area contributed by atoms with E-state index in [1.54, 1.807) is 12.1 Å². The molecule has 1 N–H and O–H groups in total. The molecule has 1 aliphatic rings. The molecule has 0 aromatic heterocycles. The zero-order valence-corrected chi connectivity index (χ0v) is 14.7. The van der Waals surface area contributed by atoms with Crippen LogP contribution in [0.5, 0.6) is 5.75 Å². The fourth-order valence-electron chi connectivity index (χ4n) is 2.74. The fraction of sp³-hybridized carbons (Fsp3) is 0.550. The number of benzene rings is 1. The predicted octanol–water partition coefficient (Wildman–Crippen LogP) is 4.46. The maximum Gasteiger partial charge on any atom is 0.251 e. The van der Waals surface area contributed by atoms with E-state index in [0.29, 0.717) is 17.9 Å². The molecule has 1 fully saturated rings. The Bertz CT molecular complexity index is 524. The molecule has 0 radical (unpaired) electrons. The third-order valence-electron chi connectivity index (χ3n) is 4.27. The Morgan fingerprint density at radius 3 is 2.58 bits per heavy atom.